The van der Waals surface area contributed by atoms with Crippen LogP contribution in [0, 0.1) is 0 Å². The summed E-state index contributed by atoms with van der Waals surface area (Å²) >= 11 is 3.50. The van der Waals surface area contributed by atoms with Crippen molar-refractivity contribution in [1.29, 1.82) is 0 Å². The second-order valence-electron chi connectivity index (χ2n) is 5.37. The van der Waals surface area contributed by atoms with Crippen LogP contribution in [0.2, 0.25) is 0 Å². The number of hydrogen-bond acceptors (Lipinski definition) is 3. The molecule has 1 N–H and O–H groups in total. The molecule has 1 aliphatic rings. The number of nitrogens with zero attached hydrogens (tertiary/aromatic N) is 1. The number of piperidine rings is 1. The minimum absolute atomic E-state index is 0.439. The molecule has 1 atom stereocenters. The van der Waals surface area contributed by atoms with Gasteiger partial charge in [-0.25, -0.2) is 0 Å². The maximum Gasteiger partial charge on any atom is 0.0702 e. The summed E-state index contributed by atoms with van der Waals surface area (Å²) in [6.07, 6.45) is 4.02. The van der Waals surface area contributed by atoms with Crippen molar-refractivity contribution in [2.24, 2.45) is 0 Å². The van der Waals surface area contributed by atoms with Crippen LogP contribution in [0.3, 0.4) is 0 Å². The number of ether oxygens (including phenoxy) is 1. The Morgan fingerprint density at radius 3 is 3.15 bits per heavy atom. The van der Waals surface area contributed by atoms with Gasteiger partial charge in [-0.3, -0.25) is 4.90 Å². The summed E-state index contributed by atoms with van der Waals surface area (Å²) in [5.74, 6) is 0. The van der Waals surface area contributed by atoms with Crippen molar-refractivity contribution < 1.29 is 4.74 Å². The Labute approximate surface area is 130 Å². The quantitative estimate of drug-likeness (QED) is 0.817. The summed E-state index contributed by atoms with van der Waals surface area (Å²) in [5, 5.41) is 3.48. The molecule has 1 unspecified atom stereocenters. The van der Waals surface area contributed by atoms with Crippen LogP contribution in [0.25, 0.3) is 0 Å². The summed E-state index contributed by atoms with van der Waals surface area (Å²) in [7, 11) is 0. The molecule has 0 aliphatic carbocycles. The Morgan fingerprint density at radius 1 is 1.45 bits per heavy atom. The Kier molecular flexibility index (Phi) is 6.83. The molecule has 0 radical (unpaired) electrons. The lowest BCUT2D eigenvalue weighted by Crippen LogP contribution is -2.41. The van der Waals surface area contributed by atoms with E-state index >= 15 is 0 Å². The van der Waals surface area contributed by atoms with Gasteiger partial charge < -0.3 is 10.1 Å². The molecule has 0 saturated carbocycles. The average Bonchev–Trinajstić information content (AvgIpc) is 2.46. The fraction of sp³-hybridized carbons (Fsp3) is 0.625. The SMILES string of the molecule is CCCOC1CCCN(CCNc2cccc(Br)c2)C1. The van der Waals surface area contributed by atoms with Crippen molar-refractivity contribution in [2.75, 3.05) is 38.1 Å². The zero-order valence-electron chi connectivity index (χ0n) is 12.3. The van der Waals surface area contributed by atoms with Gasteiger partial charge in [0, 0.05) is 36.4 Å². The third-order valence-electron chi connectivity index (χ3n) is 3.60. The number of rotatable bonds is 7. The van der Waals surface area contributed by atoms with E-state index in [0.717, 1.165) is 37.1 Å². The molecule has 4 heteroatoms. The van der Waals surface area contributed by atoms with Crippen LogP contribution in [0.4, 0.5) is 5.69 Å². The monoisotopic (exact) mass is 340 g/mol. The second-order valence-corrected chi connectivity index (χ2v) is 6.29. The van der Waals surface area contributed by atoms with E-state index in [9.17, 15) is 0 Å². The molecule has 1 heterocycles. The van der Waals surface area contributed by atoms with E-state index in [2.05, 4.69) is 51.3 Å². The number of hydrogen-bond donors (Lipinski definition) is 1. The van der Waals surface area contributed by atoms with Gasteiger partial charge >= 0.3 is 0 Å². The maximum atomic E-state index is 5.87. The third-order valence-corrected chi connectivity index (χ3v) is 4.09. The van der Waals surface area contributed by atoms with Gasteiger partial charge in [-0.1, -0.05) is 28.9 Å². The lowest BCUT2D eigenvalue weighted by atomic mass is 10.1. The highest BCUT2D eigenvalue weighted by Gasteiger charge is 2.19. The van der Waals surface area contributed by atoms with Gasteiger partial charge in [0.2, 0.25) is 0 Å². The number of halogens is 1. The fourth-order valence-corrected chi connectivity index (χ4v) is 2.99. The molecule has 0 spiro atoms. The fourth-order valence-electron chi connectivity index (χ4n) is 2.59. The van der Waals surface area contributed by atoms with Crippen LogP contribution < -0.4 is 5.32 Å². The highest BCUT2D eigenvalue weighted by atomic mass is 79.9. The van der Waals surface area contributed by atoms with Crippen molar-refractivity contribution >= 4 is 21.6 Å². The van der Waals surface area contributed by atoms with E-state index in [4.69, 9.17) is 4.74 Å². The van der Waals surface area contributed by atoms with E-state index in [1.165, 1.54) is 25.1 Å². The minimum atomic E-state index is 0.439. The first-order valence-corrected chi connectivity index (χ1v) is 8.40. The third kappa shape index (κ3) is 5.43. The summed E-state index contributed by atoms with van der Waals surface area (Å²) in [5.41, 5.74) is 1.18. The summed E-state index contributed by atoms with van der Waals surface area (Å²) in [6, 6.07) is 8.32. The van der Waals surface area contributed by atoms with Crippen molar-refractivity contribution in [3.63, 3.8) is 0 Å². The number of likely N-dealkylation sites (tertiary alicyclic amines) is 1. The van der Waals surface area contributed by atoms with E-state index in [1.54, 1.807) is 0 Å². The van der Waals surface area contributed by atoms with Gasteiger partial charge in [0.15, 0.2) is 0 Å². The summed E-state index contributed by atoms with van der Waals surface area (Å²) in [6.45, 7) is 7.42. The Bertz CT molecular complexity index is 400. The van der Waals surface area contributed by atoms with Crippen molar-refractivity contribution in [3.8, 4) is 0 Å². The first kappa shape index (κ1) is 15.8. The minimum Gasteiger partial charge on any atom is -0.384 e. The highest BCUT2D eigenvalue weighted by Crippen LogP contribution is 2.16. The number of nitrogens with one attached hydrogen (secondary N) is 1. The molecule has 0 aromatic heterocycles. The largest absolute Gasteiger partial charge is 0.384 e. The summed E-state index contributed by atoms with van der Waals surface area (Å²) in [4.78, 5) is 2.51. The molecule has 0 bridgehead atoms. The molecule has 1 aromatic carbocycles. The van der Waals surface area contributed by atoms with Crippen LogP contribution >= 0.6 is 15.9 Å². The van der Waals surface area contributed by atoms with Gasteiger partial charge in [0.1, 0.15) is 0 Å². The molecule has 1 aliphatic heterocycles. The Balaban J connectivity index is 1.68. The molecule has 3 nitrogen and oxygen atoms in total. The molecule has 1 aromatic rings. The first-order chi connectivity index (χ1) is 9.78. The zero-order valence-corrected chi connectivity index (χ0v) is 13.9. The maximum absolute atomic E-state index is 5.87. The van der Waals surface area contributed by atoms with Crippen LogP contribution in [-0.2, 0) is 4.74 Å². The van der Waals surface area contributed by atoms with Crippen LogP contribution in [-0.4, -0.2) is 43.8 Å². The predicted octanol–water partition coefficient (Wildman–Crippen LogP) is 3.75. The molecule has 20 heavy (non-hydrogen) atoms. The Morgan fingerprint density at radius 2 is 2.35 bits per heavy atom. The summed E-state index contributed by atoms with van der Waals surface area (Å²) < 4.78 is 6.99. The van der Waals surface area contributed by atoms with Crippen LogP contribution in [0.15, 0.2) is 28.7 Å². The van der Waals surface area contributed by atoms with E-state index in [0.29, 0.717) is 6.10 Å². The molecule has 1 fully saturated rings. The van der Waals surface area contributed by atoms with Crippen molar-refractivity contribution in [1.82, 2.24) is 4.90 Å². The molecule has 2 rings (SSSR count). The highest BCUT2D eigenvalue weighted by molar-refractivity contribution is 9.10. The van der Waals surface area contributed by atoms with Gasteiger partial charge in [0.05, 0.1) is 6.10 Å². The van der Waals surface area contributed by atoms with Gasteiger partial charge in [-0.2, -0.15) is 0 Å². The Hall–Kier alpha value is -0.580. The molecule has 112 valence electrons. The molecule has 1 saturated heterocycles. The van der Waals surface area contributed by atoms with Gasteiger partial charge in [-0.15, -0.1) is 0 Å². The lowest BCUT2D eigenvalue weighted by molar-refractivity contribution is 0.00110. The lowest BCUT2D eigenvalue weighted by Gasteiger charge is -2.32. The van der Waals surface area contributed by atoms with Gasteiger partial charge in [0.25, 0.3) is 0 Å². The van der Waals surface area contributed by atoms with Crippen LogP contribution in [0.5, 0.6) is 0 Å². The van der Waals surface area contributed by atoms with E-state index in [-0.39, 0.29) is 0 Å². The average molecular weight is 341 g/mol. The molecular formula is C16H25BrN2O. The van der Waals surface area contributed by atoms with Gasteiger partial charge in [-0.05, 0) is 44.0 Å². The molecular weight excluding hydrogens is 316 g/mol. The zero-order chi connectivity index (χ0) is 14.2. The smallest absolute Gasteiger partial charge is 0.0702 e. The molecule has 0 amide bonds. The number of benzene rings is 1. The van der Waals surface area contributed by atoms with E-state index in [1.807, 2.05) is 6.07 Å². The number of anilines is 1. The van der Waals surface area contributed by atoms with Crippen molar-refractivity contribution in [3.05, 3.63) is 28.7 Å². The second kappa shape index (κ2) is 8.65. The van der Waals surface area contributed by atoms with E-state index < -0.39 is 0 Å². The normalized spacial score (nSPS) is 20.0. The standard InChI is InChI=1S/C16H25BrN2O/c1-2-11-20-16-7-4-9-19(13-16)10-8-18-15-6-3-5-14(17)12-15/h3,5-6,12,16,18H,2,4,7-11,13H2,1H3. The van der Waals surface area contributed by atoms with Crippen molar-refractivity contribution in [2.45, 2.75) is 32.3 Å². The first-order valence-electron chi connectivity index (χ1n) is 7.61. The predicted molar refractivity (Wildman–Crippen MR) is 88.3 cm³/mol. The van der Waals surface area contributed by atoms with Crippen LogP contribution in [0.1, 0.15) is 26.2 Å². The topological polar surface area (TPSA) is 24.5 Å².